The lowest BCUT2D eigenvalue weighted by Crippen LogP contribution is -2.46. The first-order chi connectivity index (χ1) is 9.15. The molecule has 0 aromatic heterocycles. The van der Waals surface area contributed by atoms with Crippen LogP contribution in [0.2, 0.25) is 0 Å². The van der Waals surface area contributed by atoms with Crippen molar-refractivity contribution in [2.75, 3.05) is 40.4 Å². The average Bonchev–Trinajstić information content (AvgIpc) is 3.23. The summed E-state index contributed by atoms with van der Waals surface area (Å²) >= 11 is 0. The summed E-state index contributed by atoms with van der Waals surface area (Å²) in [6, 6.07) is 0.884. The van der Waals surface area contributed by atoms with E-state index in [4.69, 9.17) is 4.74 Å². The number of hydrogen-bond acceptors (Lipinski definition) is 3. The molecule has 0 bridgehead atoms. The minimum absolute atomic E-state index is 0.511. The van der Waals surface area contributed by atoms with Gasteiger partial charge in [0.25, 0.3) is 0 Å². The summed E-state index contributed by atoms with van der Waals surface area (Å²) in [7, 11) is 4.10. The molecule has 0 saturated heterocycles. The summed E-state index contributed by atoms with van der Waals surface area (Å²) in [5.74, 6) is 0.929. The third-order valence-electron chi connectivity index (χ3n) is 5.07. The number of rotatable bonds is 8. The van der Waals surface area contributed by atoms with E-state index in [-0.39, 0.29) is 0 Å². The second kappa shape index (κ2) is 7.05. The van der Waals surface area contributed by atoms with Crippen molar-refractivity contribution in [2.45, 2.75) is 51.5 Å². The summed E-state index contributed by atoms with van der Waals surface area (Å²) in [6.45, 7) is 6.67. The average molecular weight is 268 g/mol. The molecule has 2 rings (SSSR count). The molecule has 1 N–H and O–H groups in total. The molecule has 0 atom stereocenters. The van der Waals surface area contributed by atoms with Crippen LogP contribution in [0.5, 0.6) is 0 Å². The fraction of sp³-hybridized carbons (Fsp3) is 1.00. The van der Waals surface area contributed by atoms with Crippen LogP contribution in [-0.2, 0) is 4.74 Å². The molecule has 0 aliphatic heterocycles. The molecule has 2 saturated carbocycles. The van der Waals surface area contributed by atoms with Crippen LogP contribution in [0.25, 0.3) is 0 Å². The maximum atomic E-state index is 5.14. The summed E-state index contributed by atoms with van der Waals surface area (Å²) in [6.07, 6.45) is 8.44. The molecule has 0 heterocycles. The highest BCUT2D eigenvalue weighted by Crippen LogP contribution is 2.40. The third kappa shape index (κ3) is 4.73. The standard InChI is InChI=1S/C16H32N2O/c1-14-6-8-16(9-7-14,12-17-10-11-19-3)13-18(2)15-4-5-15/h14-15,17H,4-13H2,1-3H3. The van der Waals surface area contributed by atoms with Crippen molar-refractivity contribution in [1.82, 2.24) is 10.2 Å². The molecule has 3 heteroatoms. The van der Waals surface area contributed by atoms with E-state index in [9.17, 15) is 0 Å². The van der Waals surface area contributed by atoms with E-state index in [0.717, 1.165) is 25.1 Å². The van der Waals surface area contributed by atoms with Gasteiger partial charge in [-0.3, -0.25) is 0 Å². The van der Waals surface area contributed by atoms with Gasteiger partial charge in [-0.05, 0) is 44.1 Å². The second-order valence-electron chi connectivity index (χ2n) is 7.00. The van der Waals surface area contributed by atoms with Crippen LogP contribution < -0.4 is 5.32 Å². The van der Waals surface area contributed by atoms with Crippen LogP contribution in [0, 0.1) is 11.3 Å². The van der Waals surface area contributed by atoms with Crippen molar-refractivity contribution in [3.05, 3.63) is 0 Å². The Labute approximate surface area is 119 Å². The maximum Gasteiger partial charge on any atom is 0.0587 e. The summed E-state index contributed by atoms with van der Waals surface area (Å²) in [5, 5.41) is 3.62. The first-order valence-electron chi connectivity index (χ1n) is 8.05. The van der Waals surface area contributed by atoms with Gasteiger partial charge in [0, 0.05) is 32.8 Å². The molecule has 2 aliphatic carbocycles. The normalized spacial score (nSPS) is 31.9. The molecule has 0 amide bonds. The van der Waals surface area contributed by atoms with Gasteiger partial charge < -0.3 is 15.0 Å². The highest BCUT2D eigenvalue weighted by molar-refractivity contribution is 4.92. The zero-order valence-electron chi connectivity index (χ0n) is 13.1. The zero-order chi connectivity index (χ0) is 13.7. The molecule has 3 nitrogen and oxygen atoms in total. The van der Waals surface area contributed by atoms with Gasteiger partial charge in [-0.25, -0.2) is 0 Å². The topological polar surface area (TPSA) is 24.5 Å². The lowest BCUT2D eigenvalue weighted by Gasteiger charge is -2.42. The Hall–Kier alpha value is -0.120. The van der Waals surface area contributed by atoms with Crippen LogP contribution >= 0.6 is 0 Å². The SMILES string of the molecule is COCCNCC1(CN(C)C2CC2)CCC(C)CC1. The van der Waals surface area contributed by atoms with E-state index in [1.165, 1.54) is 51.6 Å². The van der Waals surface area contributed by atoms with Gasteiger partial charge in [0.15, 0.2) is 0 Å². The van der Waals surface area contributed by atoms with Crippen LogP contribution in [-0.4, -0.2) is 51.3 Å². The first-order valence-corrected chi connectivity index (χ1v) is 8.05. The first kappa shape index (κ1) is 15.3. The molecular weight excluding hydrogens is 236 g/mol. The Bertz CT molecular complexity index is 257. The minimum atomic E-state index is 0.511. The number of nitrogens with zero attached hydrogens (tertiary/aromatic N) is 1. The monoisotopic (exact) mass is 268 g/mol. The predicted molar refractivity (Wildman–Crippen MR) is 80.5 cm³/mol. The van der Waals surface area contributed by atoms with E-state index in [1.54, 1.807) is 7.11 Å². The maximum absolute atomic E-state index is 5.14. The van der Waals surface area contributed by atoms with Crippen molar-refractivity contribution in [1.29, 1.82) is 0 Å². The van der Waals surface area contributed by atoms with Crippen molar-refractivity contribution in [3.63, 3.8) is 0 Å². The lowest BCUT2D eigenvalue weighted by atomic mass is 9.70. The van der Waals surface area contributed by atoms with Gasteiger partial charge in [-0.2, -0.15) is 0 Å². The van der Waals surface area contributed by atoms with Gasteiger partial charge in [-0.15, -0.1) is 0 Å². The molecule has 112 valence electrons. The van der Waals surface area contributed by atoms with Gasteiger partial charge in [0.2, 0.25) is 0 Å². The van der Waals surface area contributed by atoms with Gasteiger partial charge in [0.1, 0.15) is 0 Å². The Kier molecular flexibility index (Phi) is 5.67. The summed E-state index contributed by atoms with van der Waals surface area (Å²) in [4.78, 5) is 2.62. The summed E-state index contributed by atoms with van der Waals surface area (Å²) in [5.41, 5.74) is 0.511. The quantitative estimate of drug-likeness (QED) is 0.685. The van der Waals surface area contributed by atoms with Crippen molar-refractivity contribution in [3.8, 4) is 0 Å². The molecule has 2 fully saturated rings. The molecule has 0 radical (unpaired) electrons. The molecule has 2 aliphatic rings. The largest absolute Gasteiger partial charge is 0.383 e. The third-order valence-corrected chi connectivity index (χ3v) is 5.07. The summed E-state index contributed by atoms with van der Waals surface area (Å²) < 4.78 is 5.14. The fourth-order valence-corrected chi connectivity index (χ4v) is 3.47. The molecule has 19 heavy (non-hydrogen) atoms. The lowest BCUT2D eigenvalue weighted by molar-refractivity contribution is 0.0925. The van der Waals surface area contributed by atoms with Gasteiger partial charge in [0.05, 0.1) is 6.61 Å². The van der Waals surface area contributed by atoms with Crippen LogP contribution in [0.4, 0.5) is 0 Å². The fourth-order valence-electron chi connectivity index (χ4n) is 3.47. The molecule has 0 spiro atoms. The van der Waals surface area contributed by atoms with Crippen LogP contribution in [0.3, 0.4) is 0 Å². The number of hydrogen-bond donors (Lipinski definition) is 1. The number of methoxy groups -OCH3 is 1. The van der Waals surface area contributed by atoms with E-state index < -0.39 is 0 Å². The minimum Gasteiger partial charge on any atom is -0.383 e. The van der Waals surface area contributed by atoms with Gasteiger partial charge >= 0.3 is 0 Å². The highest BCUT2D eigenvalue weighted by atomic mass is 16.5. The Morgan fingerprint density at radius 3 is 2.47 bits per heavy atom. The second-order valence-corrected chi connectivity index (χ2v) is 7.00. The van der Waals surface area contributed by atoms with E-state index in [2.05, 4.69) is 24.2 Å². The van der Waals surface area contributed by atoms with Crippen molar-refractivity contribution < 1.29 is 4.74 Å². The van der Waals surface area contributed by atoms with Crippen molar-refractivity contribution in [2.24, 2.45) is 11.3 Å². The Balaban J connectivity index is 1.84. The number of ether oxygens (including phenoxy) is 1. The molecular formula is C16H32N2O. The van der Waals surface area contributed by atoms with Crippen molar-refractivity contribution >= 4 is 0 Å². The Morgan fingerprint density at radius 2 is 1.89 bits per heavy atom. The smallest absolute Gasteiger partial charge is 0.0587 e. The van der Waals surface area contributed by atoms with Gasteiger partial charge in [-0.1, -0.05) is 19.8 Å². The zero-order valence-corrected chi connectivity index (χ0v) is 13.1. The highest BCUT2D eigenvalue weighted by Gasteiger charge is 2.37. The van der Waals surface area contributed by atoms with Crippen LogP contribution in [0.15, 0.2) is 0 Å². The van der Waals surface area contributed by atoms with E-state index >= 15 is 0 Å². The van der Waals surface area contributed by atoms with E-state index in [0.29, 0.717) is 5.41 Å². The molecule has 0 unspecified atom stereocenters. The predicted octanol–water partition coefficient (Wildman–Crippen LogP) is 2.51. The van der Waals surface area contributed by atoms with Crippen LogP contribution in [0.1, 0.15) is 45.4 Å². The van der Waals surface area contributed by atoms with E-state index in [1.807, 2.05) is 0 Å². The number of nitrogens with one attached hydrogen (secondary N) is 1. The Morgan fingerprint density at radius 1 is 1.21 bits per heavy atom. The molecule has 0 aromatic rings. The molecule has 0 aromatic carbocycles.